The molecular weight excluding hydrogens is 402 g/mol. The SMILES string of the molecule is CCOC(=O)c1ccc(N=C2SC(C(=O)NC)CC(=O)N2Cc2ccccc2)cc1. The van der Waals surface area contributed by atoms with Crippen LogP contribution in [0.1, 0.15) is 29.3 Å². The van der Waals surface area contributed by atoms with Crippen molar-refractivity contribution in [2.45, 2.75) is 25.1 Å². The van der Waals surface area contributed by atoms with Gasteiger partial charge in [0.05, 0.1) is 29.7 Å². The number of carbonyl (C=O) groups excluding carboxylic acids is 3. The second-order valence-corrected chi connectivity index (χ2v) is 7.72. The fourth-order valence-electron chi connectivity index (χ4n) is 2.92. The summed E-state index contributed by atoms with van der Waals surface area (Å²) in [7, 11) is 1.55. The fraction of sp³-hybridized carbons (Fsp3) is 0.273. The minimum atomic E-state index is -0.535. The summed E-state index contributed by atoms with van der Waals surface area (Å²) in [5, 5.41) is 2.52. The quantitative estimate of drug-likeness (QED) is 0.719. The van der Waals surface area contributed by atoms with Gasteiger partial charge in [0.1, 0.15) is 0 Å². The Hall–Kier alpha value is -3.13. The number of hydrogen-bond acceptors (Lipinski definition) is 6. The van der Waals surface area contributed by atoms with Crippen LogP contribution in [0.15, 0.2) is 59.6 Å². The number of thioether (sulfide) groups is 1. The third kappa shape index (κ3) is 5.27. The summed E-state index contributed by atoms with van der Waals surface area (Å²) in [6, 6.07) is 16.3. The summed E-state index contributed by atoms with van der Waals surface area (Å²) >= 11 is 1.26. The number of ether oxygens (including phenoxy) is 1. The van der Waals surface area contributed by atoms with Gasteiger partial charge in [0.2, 0.25) is 11.8 Å². The lowest BCUT2D eigenvalue weighted by Crippen LogP contribution is -2.45. The van der Waals surface area contributed by atoms with E-state index in [2.05, 4.69) is 10.3 Å². The third-order valence-corrected chi connectivity index (χ3v) is 5.65. The molecule has 1 N–H and O–H groups in total. The van der Waals surface area contributed by atoms with E-state index in [1.165, 1.54) is 11.8 Å². The largest absolute Gasteiger partial charge is 0.462 e. The number of aliphatic imine (C=N–C) groups is 1. The second-order valence-electron chi connectivity index (χ2n) is 6.55. The molecule has 7 nitrogen and oxygen atoms in total. The highest BCUT2D eigenvalue weighted by Gasteiger charge is 2.35. The van der Waals surface area contributed by atoms with Gasteiger partial charge in [-0.05, 0) is 36.8 Å². The first-order valence-corrected chi connectivity index (χ1v) is 10.5. The number of carbonyl (C=O) groups is 3. The van der Waals surface area contributed by atoms with Crippen molar-refractivity contribution in [1.82, 2.24) is 10.2 Å². The molecule has 1 fully saturated rings. The van der Waals surface area contributed by atoms with Crippen LogP contribution in [0.4, 0.5) is 5.69 Å². The Morgan fingerprint density at radius 3 is 2.50 bits per heavy atom. The molecule has 0 bridgehead atoms. The zero-order valence-corrected chi connectivity index (χ0v) is 17.6. The van der Waals surface area contributed by atoms with E-state index in [0.717, 1.165) is 5.56 Å². The van der Waals surface area contributed by atoms with E-state index in [4.69, 9.17) is 4.74 Å². The predicted molar refractivity (Wildman–Crippen MR) is 117 cm³/mol. The van der Waals surface area contributed by atoms with Gasteiger partial charge in [-0.1, -0.05) is 42.1 Å². The Kier molecular flexibility index (Phi) is 7.24. The molecule has 0 aromatic heterocycles. The summed E-state index contributed by atoms with van der Waals surface area (Å²) in [5.74, 6) is -0.768. The van der Waals surface area contributed by atoms with Crippen molar-refractivity contribution in [2.24, 2.45) is 4.99 Å². The Bertz CT molecular complexity index is 945. The van der Waals surface area contributed by atoms with E-state index in [0.29, 0.717) is 29.6 Å². The first-order valence-electron chi connectivity index (χ1n) is 9.60. The summed E-state index contributed by atoms with van der Waals surface area (Å²) in [6.07, 6.45) is 0.109. The van der Waals surface area contributed by atoms with Crippen molar-refractivity contribution < 1.29 is 19.1 Å². The lowest BCUT2D eigenvalue weighted by molar-refractivity contribution is -0.130. The normalized spacial score (nSPS) is 17.7. The smallest absolute Gasteiger partial charge is 0.338 e. The summed E-state index contributed by atoms with van der Waals surface area (Å²) in [4.78, 5) is 43.0. The van der Waals surface area contributed by atoms with Gasteiger partial charge < -0.3 is 10.1 Å². The van der Waals surface area contributed by atoms with E-state index in [-0.39, 0.29) is 18.2 Å². The number of benzene rings is 2. The number of rotatable bonds is 6. The molecule has 0 radical (unpaired) electrons. The monoisotopic (exact) mass is 425 g/mol. The van der Waals surface area contributed by atoms with Crippen LogP contribution in [-0.2, 0) is 20.9 Å². The van der Waals surface area contributed by atoms with Crippen LogP contribution in [0.2, 0.25) is 0 Å². The highest BCUT2D eigenvalue weighted by Crippen LogP contribution is 2.30. The van der Waals surface area contributed by atoms with Gasteiger partial charge in [0, 0.05) is 13.5 Å². The number of nitrogens with one attached hydrogen (secondary N) is 1. The summed E-state index contributed by atoms with van der Waals surface area (Å²) < 4.78 is 4.99. The van der Waals surface area contributed by atoms with E-state index in [1.807, 2.05) is 30.3 Å². The fourth-order valence-corrected chi connectivity index (χ4v) is 4.08. The van der Waals surface area contributed by atoms with Gasteiger partial charge in [-0.25, -0.2) is 9.79 Å². The van der Waals surface area contributed by atoms with Crippen LogP contribution < -0.4 is 5.32 Å². The number of hydrogen-bond donors (Lipinski definition) is 1. The van der Waals surface area contributed by atoms with Gasteiger partial charge in [0.25, 0.3) is 0 Å². The molecule has 156 valence electrons. The molecular formula is C22H23N3O4S. The van der Waals surface area contributed by atoms with E-state index >= 15 is 0 Å². The van der Waals surface area contributed by atoms with Crippen LogP contribution in [0, 0.1) is 0 Å². The highest BCUT2D eigenvalue weighted by molar-refractivity contribution is 8.15. The molecule has 0 saturated carbocycles. The maximum absolute atomic E-state index is 12.8. The Morgan fingerprint density at radius 2 is 1.87 bits per heavy atom. The van der Waals surface area contributed by atoms with Crippen molar-refractivity contribution in [3.8, 4) is 0 Å². The zero-order chi connectivity index (χ0) is 21.5. The molecule has 2 aromatic rings. The first-order chi connectivity index (χ1) is 14.5. The molecule has 0 aliphatic carbocycles. The van der Waals surface area contributed by atoms with Crippen LogP contribution in [0.3, 0.4) is 0 Å². The number of nitrogens with zero attached hydrogens (tertiary/aromatic N) is 2. The minimum absolute atomic E-state index is 0.109. The molecule has 2 aromatic carbocycles. The number of amidine groups is 1. The van der Waals surface area contributed by atoms with Crippen molar-refractivity contribution in [1.29, 1.82) is 0 Å². The molecule has 1 saturated heterocycles. The van der Waals surface area contributed by atoms with Crippen molar-refractivity contribution in [3.63, 3.8) is 0 Å². The molecule has 0 spiro atoms. The van der Waals surface area contributed by atoms with Crippen LogP contribution >= 0.6 is 11.8 Å². The van der Waals surface area contributed by atoms with Crippen molar-refractivity contribution in [2.75, 3.05) is 13.7 Å². The standard InChI is InChI=1S/C22H23N3O4S/c1-3-29-21(28)16-9-11-17(12-10-16)24-22-25(14-15-7-5-4-6-8-15)19(26)13-18(30-22)20(27)23-2/h4-12,18H,3,13-14H2,1-2H3,(H,23,27). The maximum Gasteiger partial charge on any atom is 0.338 e. The molecule has 30 heavy (non-hydrogen) atoms. The third-order valence-electron chi connectivity index (χ3n) is 4.47. The zero-order valence-electron chi connectivity index (χ0n) is 16.8. The summed E-state index contributed by atoms with van der Waals surface area (Å²) in [6.45, 7) is 2.42. The van der Waals surface area contributed by atoms with Gasteiger partial charge in [-0.2, -0.15) is 0 Å². The number of esters is 1. The second kappa shape index (κ2) is 10.1. The van der Waals surface area contributed by atoms with Gasteiger partial charge in [-0.3, -0.25) is 14.5 Å². The number of amides is 2. The lowest BCUT2D eigenvalue weighted by Gasteiger charge is -2.31. The maximum atomic E-state index is 12.8. The van der Waals surface area contributed by atoms with Gasteiger partial charge >= 0.3 is 5.97 Å². The Labute approximate surface area is 179 Å². The summed E-state index contributed by atoms with van der Waals surface area (Å²) in [5.41, 5.74) is 1.97. The molecule has 3 rings (SSSR count). The average Bonchev–Trinajstić information content (AvgIpc) is 2.76. The Balaban J connectivity index is 1.89. The highest BCUT2D eigenvalue weighted by atomic mass is 32.2. The topological polar surface area (TPSA) is 88.1 Å². The van der Waals surface area contributed by atoms with Crippen LogP contribution in [0.5, 0.6) is 0 Å². The average molecular weight is 426 g/mol. The Morgan fingerprint density at radius 1 is 1.17 bits per heavy atom. The van der Waals surface area contributed by atoms with Crippen molar-refractivity contribution >= 4 is 40.4 Å². The molecule has 8 heteroatoms. The van der Waals surface area contributed by atoms with Gasteiger partial charge in [-0.15, -0.1) is 0 Å². The van der Waals surface area contributed by atoms with Gasteiger partial charge in [0.15, 0.2) is 5.17 Å². The predicted octanol–water partition coefficient (Wildman–Crippen LogP) is 3.13. The minimum Gasteiger partial charge on any atom is -0.462 e. The molecule has 1 aliphatic heterocycles. The first kappa shape index (κ1) is 21.6. The molecule has 2 amide bonds. The van der Waals surface area contributed by atoms with Crippen LogP contribution in [-0.4, -0.2) is 46.8 Å². The van der Waals surface area contributed by atoms with E-state index < -0.39 is 11.2 Å². The van der Waals surface area contributed by atoms with Crippen molar-refractivity contribution in [3.05, 3.63) is 65.7 Å². The molecule has 1 heterocycles. The molecule has 1 unspecified atom stereocenters. The van der Waals surface area contributed by atoms with E-state index in [1.54, 1.807) is 43.1 Å². The van der Waals surface area contributed by atoms with Crippen LogP contribution in [0.25, 0.3) is 0 Å². The van der Waals surface area contributed by atoms with E-state index in [9.17, 15) is 14.4 Å². The molecule has 1 atom stereocenters. The lowest BCUT2D eigenvalue weighted by atomic mass is 10.2. The molecule has 1 aliphatic rings.